The first kappa shape index (κ1) is 24.4. The molecule has 1 atom stereocenters. The third-order valence-corrected chi connectivity index (χ3v) is 5.37. The summed E-state index contributed by atoms with van der Waals surface area (Å²) in [5.41, 5.74) is 2.84. The van der Waals surface area contributed by atoms with Gasteiger partial charge in [0.2, 0.25) is 0 Å². The molecule has 2 aliphatic rings. The molecule has 164 valence electrons. The van der Waals surface area contributed by atoms with Gasteiger partial charge in [-0.3, -0.25) is 9.89 Å². The van der Waals surface area contributed by atoms with Gasteiger partial charge in [-0.2, -0.15) is 0 Å². The van der Waals surface area contributed by atoms with Crippen LogP contribution in [0.3, 0.4) is 0 Å². The van der Waals surface area contributed by atoms with Crippen LogP contribution in [0.25, 0.3) is 0 Å². The number of nitrogens with one attached hydrogen (secondary N) is 2. The Morgan fingerprint density at radius 2 is 2.07 bits per heavy atom. The molecule has 7 heteroatoms. The topological polar surface area (TPSA) is 58.1 Å². The SMILES string of the molecule is CCNC(=NCCCOC1CCCc2ccccc21)NCCN1CCOCC1.I. The summed E-state index contributed by atoms with van der Waals surface area (Å²) >= 11 is 0. The molecular formula is C22H37IN4O2. The van der Waals surface area contributed by atoms with Gasteiger partial charge in [0.1, 0.15) is 0 Å². The van der Waals surface area contributed by atoms with Gasteiger partial charge in [0, 0.05) is 45.9 Å². The number of halogens is 1. The summed E-state index contributed by atoms with van der Waals surface area (Å²) < 4.78 is 11.6. The van der Waals surface area contributed by atoms with Gasteiger partial charge >= 0.3 is 0 Å². The Bertz CT molecular complexity index is 608. The lowest BCUT2D eigenvalue weighted by atomic mass is 9.89. The number of hydrogen-bond acceptors (Lipinski definition) is 4. The van der Waals surface area contributed by atoms with Gasteiger partial charge in [0.05, 0.1) is 19.3 Å². The van der Waals surface area contributed by atoms with E-state index in [2.05, 4.69) is 46.7 Å². The number of nitrogens with zero attached hydrogens (tertiary/aromatic N) is 2. The van der Waals surface area contributed by atoms with E-state index in [4.69, 9.17) is 14.5 Å². The number of ether oxygens (including phenoxy) is 2. The highest BCUT2D eigenvalue weighted by atomic mass is 127. The van der Waals surface area contributed by atoms with Gasteiger partial charge in [-0.05, 0) is 43.7 Å². The Labute approximate surface area is 192 Å². The monoisotopic (exact) mass is 516 g/mol. The predicted octanol–water partition coefficient (Wildman–Crippen LogP) is 2.98. The van der Waals surface area contributed by atoms with Crippen LogP contribution in [0.2, 0.25) is 0 Å². The van der Waals surface area contributed by atoms with Crippen LogP contribution >= 0.6 is 24.0 Å². The molecule has 1 heterocycles. The van der Waals surface area contributed by atoms with Gasteiger partial charge < -0.3 is 20.1 Å². The Morgan fingerprint density at radius 3 is 2.90 bits per heavy atom. The average Bonchev–Trinajstić information content (AvgIpc) is 2.74. The molecule has 0 spiro atoms. The van der Waals surface area contributed by atoms with Crippen molar-refractivity contribution in [2.24, 2.45) is 4.99 Å². The molecule has 29 heavy (non-hydrogen) atoms. The number of aryl methyl sites for hydroxylation is 1. The smallest absolute Gasteiger partial charge is 0.191 e. The van der Waals surface area contributed by atoms with E-state index in [1.807, 2.05) is 0 Å². The number of morpholine rings is 1. The van der Waals surface area contributed by atoms with E-state index in [0.29, 0.717) is 0 Å². The van der Waals surface area contributed by atoms with E-state index in [0.717, 1.165) is 77.9 Å². The van der Waals surface area contributed by atoms with Gasteiger partial charge in [0.15, 0.2) is 5.96 Å². The highest BCUT2D eigenvalue weighted by molar-refractivity contribution is 14.0. The number of aliphatic imine (C=N–C) groups is 1. The van der Waals surface area contributed by atoms with E-state index in [-0.39, 0.29) is 30.1 Å². The maximum Gasteiger partial charge on any atom is 0.191 e. The Balaban J connectivity index is 0.00000300. The molecule has 1 unspecified atom stereocenters. The maximum absolute atomic E-state index is 6.18. The van der Waals surface area contributed by atoms with Crippen molar-refractivity contribution in [3.63, 3.8) is 0 Å². The summed E-state index contributed by atoms with van der Waals surface area (Å²) in [6.07, 6.45) is 4.74. The molecule has 1 fully saturated rings. The minimum Gasteiger partial charge on any atom is -0.379 e. The zero-order valence-electron chi connectivity index (χ0n) is 17.7. The number of rotatable bonds is 9. The van der Waals surface area contributed by atoms with Crippen molar-refractivity contribution < 1.29 is 9.47 Å². The first-order valence-electron chi connectivity index (χ1n) is 10.9. The molecule has 0 bridgehead atoms. The summed E-state index contributed by atoms with van der Waals surface area (Å²) in [7, 11) is 0. The van der Waals surface area contributed by atoms with Gasteiger partial charge in [0.25, 0.3) is 0 Å². The van der Waals surface area contributed by atoms with Crippen molar-refractivity contribution in [1.82, 2.24) is 15.5 Å². The van der Waals surface area contributed by atoms with E-state index < -0.39 is 0 Å². The standard InChI is InChI=1S/C22H36N4O2.HI/c1-2-23-22(25-12-13-26-14-17-27-18-15-26)24-11-6-16-28-21-10-5-8-19-7-3-4-9-20(19)21;/h3-4,7,9,21H,2,5-6,8,10-18H2,1H3,(H2,23,24,25);1H. The van der Waals surface area contributed by atoms with E-state index in [1.54, 1.807) is 0 Å². The Kier molecular flexibility index (Phi) is 11.9. The summed E-state index contributed by atoms with van der Waals surface area (Å²) in [5, 5.41) is 6.77. The lowest BCUT2D eigenvalue weighted by molar-refractivity contribution is 0.0389. The summed E-state index contributed by atoms with van der Waals surface area (Å²) in [5.74, 6) is 0.902. The third kappa shape index (κ3) is 8.39. The normalized spacial score (nSPS) is 19.9. The van der Waals surface area contributed by atoms with Crippen molar-refractivity contribution in [3.8, 4) is 0 Å². The second kappa shape index (κ2) is 14.2. The van der Waals surface area contributed by atoms with Crippen molar-refractivity contribution in [2.45, 2.75) is 38.7 Å². The highest BCUT2D eigenvalue weighted by Gasteiger charge is 2.19. The molecule has 0 saturated carbocycles. The van der Waals surface area contributed by atoms with Gasteiger partial charge in [-0.1, -0.05) is 24.3 Å². The molecule has 1 aromatic rings. The van der Waals surface area contributed by atoms with Crippen LogP contribution in [0.15, 0.2) is 29.3 Å². The summed E-state index contributed by atoms with van der Waals surface area (Å²) in [4.78, 5) is 7.12. The van der Waals surface area contributed by atoms with Crippen LogP contribution in [-0.2, 0) is 15.9 Å². The first-order chi connectivity index (χ1) is 13.9. The van der Waals surface area contributed by atoms with Gasteiger partial charge in [-0.25, -0.2) is 0 Å². The molecule has 0 amide bonds. The van der Waals surface area contributed by atoms with E-state index >= 15 is 0 Å². The zero-order chi connectivity index (χ0) is 19.4. The molecule has 1 aliphatic heterocycles. The second-order valence-corrected chi connectivity index (χ2v) is 7.45. The predicted molar refractivity (Wildman–Crippen MR) is 129 cm³/mol. The fraction of sp³-hybridized carbons (Fsp3) is 0.682. The van der Waals surface area contributed by atoms with Crippen LogP contribution in [0.1, 0.15) is 43.4 Å². The maximum atomic E-state index is 6.18. The van der Waals surface area contributed by atoms with E-state index in [1.165, 1.54) is 24.0 Å². The van der Waals surface area contributed by atoms with Crippen LogP contribution < -0.4 is 10.6 Å². The fourth-order valence-corrected chi connectivity index (χ4v) is 3.86. The van der Waals surface area contributed by atoms with Crippen molar-refractivity contribution in [2.75, 3.05) is 59.1 Å². The van der Waals surface area contributed by atoms with Crippen LogP contribution in [0, 0.1) is 0 Å². The number of guanidine groups is 1. The van der Waals surface area contributed by atoms with Crippen molar-refractivity contribution in [3.05, 3.63) is 35.4 Å². The largest absolute Gasteiger partial charge is 0.379 e. The van der Waals surface area contributed by atoms with Crippen molar-refractivity contribution >= 4 is 29.9 Å². The van der Waals surface area contributed by atoms with Crippen molar-refractivity contribution in [1.29, 1.82) is 0 Å². The average molecular weight is 516 g/mol. The lowest BCUT2D eigenvalue weighted by Gasteiger charge is -2.26. The molecule has 1 saturated heterocycles. The molecular weight excluding hydrogens is 479 g/mol. The molecule has 3 rings (SSSR count). The molecule has 0 aromatic heterocycles. The quantitative estimate of drug-likeness (QED) is 0.229. The van der Waals surface area contributed by atoms with E-state index in [9.17, 15) is 0 Å². The van der Waals surface area contributed by atoms with Crippen LogP contribution in [0.4, 0.5) is 0 Å². The van der Waals surface area contributed by atoms with Gasteiger partial charge in [-0.15, -0.1) is 24.0 Å². The first-order valence-corrected chi connectivity index (χ1v) is 10.9. The van der Waals surface area contributed by atoms with Crippen LogP contribution in [0.5, 0.6) is 0 Å². The Hall–Kier alpha value is -0.900. The molecule has 1 aliphatic carbocycles. The number of fused-ring (bicyclic) bond motifs is 1. The van der Waals surface area contributed by atoms with Crippen LogP contribution in [-0.4, -0.2) is 69.9 Å². The highest BCUT2D eigenvalue weighted by Crippen LogP contribution is 2.32. The second-order valence-electron chi connectivity index (χ2n) is 7.45. The third-order valence-electron chi connectivity index (χ3n) is 5.37. The summed E-state index contributed by atoms with van der Waals surface area (Å²) in [6.45, 7) is 10.2. The molecule has 6 nitrogen and oxygen atoms in total. The minimum atomic E-state index is 0. The lowest BCUT2D eigenvalue weighted by Crippen LogP contribution is -2.44. The number of benzene rings is 1. The fourth-order valence-electron chi connectivity index (χ4n) is 3.86. The molecule has 0 radical (unpaired) electrons. The molecule has 1 aromatic carbocycles. The Morgan fingerprint density at radius 1 is 1.24 bits per heavy atom. The molecule has 2 N–H and O–H groups in total. The zero-order valence-corrected chi connectivity index (χ0v) is 20.0. The number of hydrogen-bond donors (Lipinski definition) is 2. The summed E-state index contributed by atoms with van der Waals surface area (Å²) in [6, 6.07) is 8.71. The minimum absolute atomic E-state index is 0.